The monoisotopic (exact) mass is 1480 g/mol. The maximum absolute atomic E-state index is 13.1. The van der Waals surface area contributed by atoms with Crippen molar-refractivity contribution in [3.05, 3.63) is 85.1 Å². The first-order valence-electron chi connectivity index (χ1n) is 40.8. The number of rotatable bonds is 77. The Kier molecular flexibility index (Phi) is 72.7. The average Bonchev–Trinajstić information content (AvgIpc) is 0.923. The Bertz CT molecular complexity index is 2260. The molecule has 0 aliphatic heterocycles. The number of esters is 4. The molecule has 0 aromatic heterocycles. The molecule has 0 radical (unpaired) electrons. The van der Waals surface area contributed by atoms with Crippen LogP contribution in [0.25, 0.3) is 0 Å². The van der Waals surface area contributed by atoms with Gasteiger partial charge in [-0.05, 0) is 116 Å². The minimum absolute atomic E-state index is 0.0851. The zero-order valence-electron chi connectivity index (χ0n) is 64.8. The fraction of sp³-hybridized carbons (Fsp3) is 0.783. The molecule has 0 amide bonds. The van der Waals surface area contributed by atoms with E-state index in [4.69, 9.17) is 37.0 Å². The van der Waals surface area contributed by atoms with Gasteiger partial charge in [-0.15, -0.1) is 0 Å². The number of aliphatic hydroxyl groups is 1. The van der Waals surface area contributed by atoms with Crippen LogP contribution in [0.2, 0.25) is 0 Å². The molecule has 17 nitrogen and oxygen atoms in total. The van der Waals surface area contributed by atoms with Gasteiger partial charge in [-0.1, -0.05) is 305 Å². The van der Waals surface area contributed by atoms with E-state index in [0.717, 1.165) is 135 Å². The van der Waals surface area contributed by atoms with Crippen molar-refractivity contribution in [1.82, 2.24) is 0 Å². The number of carbonyl (C=O) groups excluding carboxylic acids is 4. The van der Waals surface area contributed by atoms with E-state index in [2.05, 4.69) is 101 Å². The molecule has 0 aromatic carbocycles. The van der Waals surface area contributed by atoms with Gasteiger partial charge in [-0.2, -0.15) is 0 Å². The van der Waals surface area contributed by atoms with Gasteiger partial charge < -0.3 is 33.8 Å². The van der Waals surface area contributed by atoms with Crippen molar-refractivity contribution in [3.63, 3.8) is 0 Å². The second-order valence-corrected chi connectivity index (χ2v) is 30.2. The first-order valence-corrected chi connectivity index (χ1v) is 43.8. The normalized spacial score (nSPS) is 14.3. The lowest BCUT2D eigenvalue weighted by Crippen LogP contribution is -2.30. The standard InChI is InChI=1S/C83H148O17P2/c1-5-9-13-17-21-25-29-33-37-38-42-44-48-52-56-60-64-68-81(86)94-74-79(100-83(88)70-66-62-58-54-50-46-41-36-32-28-24-20-16-12-8-4)76-98-102(91,92)96-72-77(84)71-95-101(89,90)97-75-78(99-82(87)69-65-61-57-53-49-45-40-35-31-27-23-19-15-11-7-3)73-93-80(85)67-63-59-55-51-47-43-39-34-30-26-22-18-14-10-6-2/h9,13,21,25,33-35,37,39-40,42,44,52,56,77-79,84H,5-8,10-12,14-20,22-24,26-32,36,38,41,43,45-51,53-55,57-76H2,1-4H3,(H,89,90)(H,91,92)/b13-9-,25-21-,37-33-,39-34-,40-35-,44-42-,56-52-. The van der Waals surface area contributed by atoms with Gasteiger partial charge in [0.15, 0.2) is 12.2 Å². The molecule has 0 spiro atoms. The summed E-state index contributed by atoms with van der Waals surface area (Å²) < 4.78 is 68.6. The van der Waals surface area contributed by atoms with Gasteiger partial charge in [0.1, 0.15) is 19.3 Å². The number of phosphoric acid groups is 2. The fourth-order valence-corrected chi connectivity index (χ4v) is 12.7. The first kappa shape index (κ1) is 98.2. The molecule has 0 heterocycles. The highest BCUT2D eigenvalue weighted by molar-refractivity contribution is 7.47. The minimum Gasteiger partial charge on any atom is -0.462 e. The summed E-state index contributed by atoms with van der Waals surface area (Å²) in [6.45, 7) is 4.73. The molecule has 0 aliphatic rings. The van der Waals surface area contributed by atoms with Gasteiger partial charge in [-0.3, -0.25) is 37.3 Å². The molecular formula is C83H148O17P2. The first-order chi connectivity index (χ1) is 49.7. The van der Waals surface area contributed by atoms with Crippen molar-refractivity contribution in [1.29, 1.82) is 0 Å². The molecule has 102 heavy (non-hydrogen) atoms. The molecule has 5 unspecified atom stereocenters. The van der Waals surface area contributed by atoms with Gasteiger partial charge >= 0.3 is 39.5 Å². The highest BCUT2D eigenvalue weighted by atomic mass is 31.2. The molecule has 0 aromatic rings. The highest BCUT2D eigenvalue weighted by Crippen LogP contribution is 2.45. The maximum atomic E-state index is 13.1. The number of unbranched alkanes of at least 4 members (excludes halogenated alkanes) is 37. The zero-order valence-corrected chi connectivity index (χ0v) is 66.6. The van der Waals surface area contributed by atoms with E-state index in [-0.39, 0.29) is 25.7 Å². The number of carbonyl (C=O) groups is 4. The highest BCUT2D eigenvalue weighted by Gasteiger charge is 2.30. The quantitative estimate of drug-likeness (QED) is 0.0169. The Hall–Kier alpha value is -3.76. The van der Waals surface area contributed by atoms with E-state index >= 15 is 0 Å². The lowest BCUT2D eigenvalue weighted by Gasteiger charge is -2.21. The van der Waals surface area contributed by atoms with Crippen LogP contribution in [0.5, 0.6) is 0 Å². The number of aliphatic hydroxyl groups excluding tert-OH is 1. The van der Waals surface area contributed by atoms with Crippen molar-refractivity contribution in [3.8, 4) is 0 Å². The van der Waals surface area contributed by atoms with E-state index in [1.807, 2.05) is 12.2 Å². The van der Waals surface area contributed by atoms with Crippen LogP contribution in [0.15, 0.2) is 85.1 Å². The topological polar surface area (TPSA) is 237 Å². The molecule has 592 valence electrons. The summed E-state index contributed by atoms with van der Waals surface area (Å²) in [5.74, 6) is -2.23. The Morgan fingerprint density at radius 1 is 0.284 bits per heavy atom. The van der Waals surface area contributed by atoms with E-state index < -0.39 is 97.5 Å². The average molecular weight is 1480 g/mol. The van der Waals surface area contributed by atoms with Crippen molar-refractivity contribution in [2.45, 2.75) is 380 Å². The molecule has 0 bridgehead atoms. The molecule has 0 saturated heterocycles. The molecule has 19 heteroatoms. The van der Waals surface area contributed by atoms with Gasteiger partial charge in [-0.25, -0.2) is 9.13 Å². The Balaban J connectivity index is 5.39. The third kappa shape index (κ3) is 74.5. The molecule has 0 saturated carbocycles. The van der Waals surface area contributed by atoms with Crippen molar-refractivity contribution >= 4 is 39.5 Å². The molecule has 0 fully saturated rings. The predicted molar refractivity (Wildman–Crippen MR) is 418 cm³/mol. The minimum atomic E-state index is -4.99. The summed E-state index contributed by atoms with van der Waals surface area (Å²) in [5.41, 5.74) is 0. The van der Waals surface area contributed by atoms with Crippen molar-refractivity contribution in [2.24, 2.45) is 0 Å². The van der Waals surface area contributed by atoms with Crippen LogP contribution in [0, 0.1) is 0 Å². The number of hydrogen-bond acceptors (Lipinski definition) is 15. The van der Waals surface area contributed by atoms with Crippen LogP contribution in [-0.4, -0.2) is 96.7 Å². The molecule has 5 atom stereocenters. The number of phosphoric ester groups is 2. The van der Waals surface area contributed by atoms with Crippen LogP contribution in [0.4, 0.5) is 0 Å². The van der Waals surface area contributed by atoms with Crippen LogP contribution in [-0.2, 0) is 65.4 Å². The summed E-state index contributed by atoms with van der Waals surface area (Å²) in [6, 6.07) is 0. The predicted octanol–water partition coefficient (Wildman–Crippen LogP) is 23.8. The van der Waals surface area contributed by atoms with Gasteiger partial charge in [0.25, 0.3) is 0 Å². The second kappa shape index (κ2) is 75.5. The molecule has 0 rings (SSSR count). The Morgan fingerprint density at radius 3 is 0.833 bits per heavy atom. The summed E-state index contributed by atoms with van der Waals surface area (Å²) in [6.07, 6.45) is 78.5. The zero-order chi connectivity index (χ0) is 74.6. The van der Waals surface area contributed by atoms with E-state index in [0.29, 0.717) is 32.1 Å². The Morgan fingerprint density at radius 2 is 0.520 bits per heavy atom. The third-order valence-electron chi connectivity index (χ3n) is 17.3. The largest absolute Gasteiger partial charge is 0.472 e. The van der Waals surface area contributed by atoms with Crippen LogP contribution in [0.3, 0.4) is 0 Å². The third-order valence-corrected chi connectivity index (χ3v) is 19.2. The number of hydrogen-bond donors (Lipinski definition) is 3. The lowest BCUT2D eigenvalue weighted by atomic mass is 10.0. The second-order valence-electron chi connectivity index (χ2n) is 27.3. The summed E-state index contributed by atoms with van der Waals surface area (Å²) >= 11 is 0. The maximum Gasteiger partial charge on any atom is 0.472 e. The summed E-state index contributed by atoms with van der Waals surface area (Å²) in [4.78, 5) is 73.0. The van der Waals surface area contributed by atoms with Gasteiger partial charge in [0.2, 0.25) is 0 Å². The van der Waals surface area contributed by atoms with Crippen molar-refractivity contribution < 1.29 is 80.2 Å². The smallest absolute Gasteiger partial charge is 0.462 e. The van der Waals surface area contributed by atoms with Crippen LogP contribution >= 0.6 is 15.6 Å². The number of ether oxygens (including phenoxy) is 4. The molecular weight excluding hydrogens is 1330 g/mol. The summed E-state index contributed by atoms with van der Waals surface area (Å²) in [7, 11) is -9.97. The summed E-state index contributed by atoms with van der Waals surface area (Å²) in [5, 5.41) is 10.6. The lowest BCUT2D eigenvalue weighted by molar-refractivity contribution is -0.161. The number of allylic oxidation sites excluding steroid dienone is 14. The van der Waals surface area contributed by atoms with E-state index in [9.17, 15) is 43.2 Å². The fourth-order valence-electron chi connectivity index (χ4n) is 11.1. The SMILES string of the molecule is CC/C=C\C/C=C\C/C=C\C/C=C\C/C=C\CCCC(=O)OCC(COP(=O)(O)OCC(O)COP(=O)(O)OCC(COC(=O)CCCCCCC/C=C\CCCCCCCC)OC(=O)CCCCCCC/C=C\CCCCCCCC)OC(=O)CCCCCCCCCCCCCCCCC. The van der Waals surface area contributed by atoms with Crippen molar-refractivity contribution in [2.75, 3.05) is 39.6 Å². The van der Waals surface area contributed by atoms with Crippen LogP contribution in [0.1, 0.15) is 362 Å². The van der Waals surface area contributed by atoms with Gasteiger partial charge in [0, 0.05) is 25.7 Å². The Labute approximate surface area is 621 Å². The molecule has 3 N–H and O–H groups in total. The molecule has 0 aliphatic carbocycles. The van der Waals surface area contributed by atoms with Gasteiger partial charge in [0.05, 0.1) is 26.4 Å². The van der Waals surface area contributed by atoms with Crippen LogP contribution < -0.4 is 0 Å². The van der Waals surface area contributed by atoms with E-state index in [1.54, 1.807) is 0 Å². The van der Waals surface area contributed by atoms with E-state index in [1.165, 1.54) is 141 Å².